The van der Waals surface area contributed by atoms with Crippen molar-refractivity contribution in [2.75, 3.05) is 0 Å². The van der Waals surface area contributed by atoms with Gasteiger partial charge in [0.15, 0.2) is 0 Å². The van der Waals surface area contributed by atoms with Crippen LogP contribution in [0.15, 0.2) is 60.7 Å². The monoisotopic (exact) mass is 322 g/mol. The number of carbonyl (C=O) groups is 1. The molecule has 0 amide bonds. The van der Waals surface area contributed by atoms with E-state index in [2.05, 4.69) is 62.1 Å². The van der Waals surface area contributed by atoms with Gasteiger partial charge in [0.25, 0.3) is 0 Å². The Bertz CT molecular complexity index is 657. The quantitative estimate of drug-likeness (QED) is 0.681. The topological polar surface area (TPSA) is 17.1 Å². The van der Waals surface area contributed by atoms with E-state index in [1.165, 1.54) is 11.1 Å². The van der Waals surface area contributed by atoms with E-state index >= 15 is 0 Å². The molecule has 1 unspecified atom stereocenters. The van der Waals surface area contributed by atoms with Crippen molar-refractivity contribution in [3.8, 4) is 0 Å². The Morgan fingerprint density at radius 1 is 0.870 bits per heavy atom. The van der Waals surface area contributed by atoms with Crippen LogP contribution in [0.3, 0.4) is 0 Å². The van der Waals surface area contributed by atoms with Crippen molar-refractivity contribution in [1.29, 1.82) is 0 Å². The summed E-state index contributed by atoms with van der Waals surface area (Å²) in [6.07, 6.45) is 0.960. The SMILES string of the molecule is C[Si](C)(C)CC1C(=O)[C@@H](c2ccccc2)C[C@H]1c1ccccc1. The van der Waals surface area contributed by atoms with Crippen molar-refractivity contribution in [2.24, 2.45) is 5.92 Å². The van der Waals surface area contributed by atoms with Crippen molar-refractivity contribution < 1.29 is 4.79 Å². The van der Waals surface area contributed by atoms with Gasteiger partial charge in [0.2, 0.25) is 0 Å². The molecule has 2 aromatic rings. The number of carbonyl (C=O) groups excluding carboxylic acids is 1. The van der Waals surface area contributed by atoms with Gasteiger partial charge in [0.1, 0.15) is 5.78 Å². The third kappa shape index (κ3) is 3.64. The molecule has 23 heavy (non-hydrogen) atoms. The molecular formula is C21H26OSi. The van der Waals surface area contributed by atoms with Crippen molar-refractivity contribution >= 4 is 13.9 Å². The molecule has 0 aliphatic heterocycles. The first-order valence-electron chi connectivity index (χ1n) is 8.59. The van der Waals surface area contributed by atoms with E-state index in [-0.39, 0.29) is 11.8 Å². The van der Waals surface area contributed by atoms with Crippen LogP contribution < -0.4 is 0 Å². The van der Waals surface area contributed by atoms with E-state index in [0.717, 1.165) is 12.5 Å². The van der Waals surface area contributed by atoms with Crippen LogP contribution in [-0.4, -0.2) is 13.9 Å². The molecule has 1 nitrogen and oxygen atoms in total. The van der Waals surface area contributed by atoms with Crippen LogP contribution in [0.25, 0.3) is 0 Å². The van der Waals surface area contributed by atoms with Crippen LogP contribution in [0.5, 0.6) is 0 Å². The van der Waals surface area contributed by atoms with Crippen LogP contribution in [0, 0.1) is 5.92 Å². The second-order valence-electron chi connectivity index (χ2n) is 7.99. The molecule has 0 heterocycles. The van der Waals surface area contributed by atoms with Gasteiger partial charge in [-0.3, -0.25) is 4.79 Å². The Morgan fingerprint density at radius 3 is 1.91 bits per heavy atom. The number of hydrogen-bond donors (Lipinski definition) is 0. The smallest absolute Gasteiger partial charge is 0.143 e. The highest BCUT2D eigenvalue weighted by atomic mass is 28.3. The van der Waals surface area contributed by atoms with Gasteiger partial charge in [-0.1, -0.05) is 80.3 Å². The third-order valence-electron chi connectivity index (χ3n) is 4.95. The largest absolute Gasteiger partial charge is 0.299 e. The second-order valence-corrected chi connectivity index (χ2v) is 13.5. The van der Waals surface area contributed by atoms with Crippen LogP contribution in [-0.2, 0) is 4.79 Å². The number of Topliss-reactive ketones (excluding diaryl/α,β-unsaturated/α-hetero) is 1. The highest BCUT2D eigenvalue weighted by Crippen LogP contribution is 2.48. The standard InChI is InChI=1S/C21H26OSi/c1-23(2,3)15-20-18(16-10-6-4-7-11-16)14-19(21(20)22)17-12-8-5-9-13-17/h4-13,18-20H,14-15H2,1-3H3/t18-,19+,20?/m0/s1. The van der Waals surface area contributed by atoms with Gasteiger partial charge in [-0.05, 0) is 29.5 Å². The first kappa shape index (κ1) is 16.2. The number of ketones is 1. The molecule has 1 saturated carbocycles. The predicted octanol–water partition coefficient (Wildman–Crippen LogP) is 5.48. The fourth-order valence-electron chi connectivity index (χ4n) is 3.95. The Kier molecular flexibility index (Phi) is 4.54. The lowest BCUT2D eigenvalue weighted by Crippen LogP contribution is -2.28. The Hall–Kier alpha value is -1.67. The maximum absolute atomic E-state index is 13.2. The number of hydrogen-bond acceptors (Lipinski definition) is 1. The average molecular weight is 323 g/mol. The van der Waals surface area contributed by atoms with E-state index in [4.69, 9.17) is 0 Å². The minimum atomic E-state index is -1.29. The molecule has 2 heteroatoms. The van der Waals surface area contributed by atoms with E-state index in [1.54, 1.807) is 0 Å². The van der Waals surface area contributed by atoms with Gasteiger partial charge < -0.3 is 0 Å². The third-order valence-corrected chi connectivity index (χ3v) is 6.61. The van der Waals surface area contributed by atoms with Gasteiger partial charge in [0.05, 0.1) is 0 Å². The van der Waals surface area contributed by atoms with Crippen LogP contribution in [0.1, 0.15) is 29.4 Å². The fraction of sp³-hybridized carbons (Fsp3) is 0.381. The van der Waals surface area contributed by atoms with E-state index in [9.17, 15) is 4.79 Å². The van der Waals surface area contributed by atoms with Crippen molar-refractivity contribution in [3.05, 3.63) is 71.8 Å². The molecular weight excluding hydrogens is 296 g/mol. The molecule has 1 aliphatic rings. The lowest BCUT2D eigenvalue weighted by atomic mass is 9.89. The molecule has 120 valence electrons. The Balaban J connectivity index is 1.95. The first-order chi connectivity index (χ1) is 11.0. The summed E-state index contributed by atoms with van der Waals surface area (Å²) >= 11 is 0. The normalized spacial score (nSPS) is 24.8. The summed E-state index contributed by atoms with van der Waals surface area (Å²) in [5.74, 6) is 1.10. The van der Waals surface area contributed by atoms with Gasteiger partial charge in [0, 0.05) is 19.9 Å². The van der Waals surface area contributed by atoms with Gasteiger partial charge in [-0.25, -0.2) is 0 Å². The van der Waals surface area contributed by atoms with E-state index in [1.807, 2.05) is 18.2 Å². The molecule has 0 aromatic heterocycles. The van der Waals surface area contributed by atoms with Gasteiger partial charge in [-0.15, -0.1) is 0 Å². The summed E-state index contributed by atoms with van der Waals surface area (Å²) in [7, 11) is -1.29. The molecule has 2 aromatic carbocycles. The van der Waals surface area contributed by atoms with Gasteiger partial charge >= 0.3 is 0 Å². The minimum absolute atomic E-state index is 0.0720. The summed E-state index contributed by atoms with van der Waals surface area (Å²) in [5, 5.41) is 0. The van der Waals surface area contributed by atoms with Crippen LogP contribution in [0.4, 0.5) is 0 Å². The van der Waals surface area contributed by atoms with Crippen molar-refractivity contribution in [3.63, 3.8) is 0 Å². The van der Waals surface area contributed by atoms with Crippen LogP contribution in [0.2, 0.25) is 25.7 Å². The minimum Gasteiger partial charge on any atom is -0.299 e. The summed E-state index contributed by atoms with van der Waals surface area (Å²) in [5.41, 5.74) is 2.53. The van der Waals surface area contributed by atoms with Crippen LogP contribution >= 0.6 is 0 Å². The summed E-state index contributed by atoms with van der Waals surface area (Å²) in [6, 6.07) is 22.1. The second kappa shape index (κ2) is 6.44. The van der Waals surface area contributed by atoms with Gasteiger partial charge in [-0.2, -0.15) is 0 Å². The first-order valence-corrected chi connectivity index (χ1v) is 12.3. The molecule has 1 aliphatic carbocycles. The van der Waals surface area contributed by atoms with Crippen molar-refractivity contribution in [1.82, 2.24) is 0 Å². The highest BCUT2D eigenvalue weighted by molar-refractivity contribution is 6.76. The maximum atomic E-state index is 13.2. The summed E-state index contributed by atoms with van der Waals surface area (Å²) in [6.45, 7) is 7.12. The molecule has 0 spiro atoms. The van der Waals surface area contributed by atoms with E-state index in [0.29, 0.717) is 11.7 Å². The van der Waals surface area contributed by atoms with Crippen molar-refractivity contribution in [2.45, 2.75) is 43.9 Å². The zero-order valence-corrected chi connectivity index (χ0v) is 15.3. The molecule has 0 radical (unpaired) electrons. The lowest BCUT2D eigenvalue weighted by Gasteiger charge is -2.25. The van der Waals surface area contributed by atoms with E-state index < -0.39 is 8.07 Å². The number of rotatable bonds is 4. The maximum Gasteiger partial charge on any atom is 0.143 e. The summed E-state index contributed by atoms with van der Waals surface area (Å²) in [4.78, 5) is 13.2. The number of benzene rings is 2. The fourth-order valence-corrected chi connectivity index (χ4v) is 5.75. The Morgan fingerprint density at radius 2 is 1.39 bits per heavy atom. The molecule has 0 saturated heterocycles. The summed E-state index contributed by atoms with van der Waals surface area (Å²) < 4.78 is 0. The molecule has 0 bridgehead atoms. The lowest BCUT2D eigenvalue weighted by molar-refractivity contribution is -0.121. The zero-order chi connectivity index (χ0) is 16.4. The highest BCUT2D eigenvalue weighted by Gasteiger charge is 2.44. The molecule has 3 rings (SSSR count). The molecule has 0 N–H and O–H groups in total. The zero-order valence-electron chi connectivity index (χ0n) is 14.3. The Labute approximate surface area is 140 Å². The predicted molar refractivity (Wildman–Crippen MR) is 99.6 cm³/mol. The molecule has 1 fully saturated rings. The average Bonchev–Trinajstić information content (AvgIpc) is 2.85. The molecule has 3 atom stereocenters.